The molecule has 0 saturated heterocycles. The molecule has 2 heteroatoms. The molecular formula is C15H22O2. The first kappa shape index (κ1) is 12.6. The summed E-state index contributed by atoms with van der Waals surface area (Å²) >= 11 is 0. The van der Waals surface area contributed by atoms with Crippen molar-refractivity contribution in [2.24, 2.45) is 11.8 Å². The van der Waals surface area contributed by atoms with Gasteiger partial charge in [0.25, 0.3) is 0 Å². The number of ketones is 1. The number of fused-ring (bicyclic) bond motifs is 1. The molecule has 0 spiro atoms. The number of hydrogen-bond donors (Lipinski definition) is 1. The van der Waals surface area contributed by atoms with E-state index in [1.807, 2.05) is 20.8 Å². The lowest BCUT2D eigenvalue weighted by atomic mass is 9.62. The summed E-state index contributed by atoms with van der Waals surface area (Å²) in [5.74, 6) is 0.459. The second-order valence-corrected chi connectivity index (χ2v) is 6.05. The minimum absolute atomic E-state index is 0.127. The van der Waals surface area contributed by atoms with E-state index in [-0.39, 0.29) is 24.0 Å². The first-order valence-electron chi connectivity index (χ1n) is 6.43. The molecular weight excluding hydrogens is 212 g/mol. The summed E-state index contributed by atoms with van der Waals surface area (Å²) in [6.07, 6.45) is 4.51. The van der Waals surface area contributed by atoms with Crippen molar-refractivity contribution < 1.29 is 9.90 Å². The summed E-state index contributed by atoms with van der Waals surface area (Å²) < 4.78 is 0. The van der Waals surface area contributed by atoms with Gasteiger partial charge in [0.05, 0.1) is 5.60 Å². The molecule has 2 aliphatic rings. The van der Waals surface area contributed by atoms with Crippen molar-refractivity contribution in [2.45, 2.75) is 52.6 Å². The van der Waals surface area contributed by atoms with Crippen LogP contribution >= 0.6 is 0 Å². The van der Waals surface area contributed by atoms with E-state index in [4.69, 9.17) is 0 Å². The van der Waals surface area contributed by atoms with Crippen molar-refractivity contribution in [2.75, 3.05) is 0 Å². The van der Waals surface area contributed by atoms with Crippen molar-refractivity contribution >= 4 is 5.78 Å². The lowest BCUT2D eigenvalue weighted by molar-refractivity contribution is -0.128. The average Bonchev–Trinajstić information content (AvgIpc) is 2.14. The third-order valence-electron chi connectivity index (χ3n) is 4.24. The Morgan fingerprint density at radius 1 is 1.47 bits per heavy atom. The molecule has 3 atom stereocenters. The van der Waals surface area contributed by atoms with Gasteiger partial charge in [-0.1, -0.05) is 17.2 Å². The summed E-state index contributed by atoms with van der Waals surface area (Å²) in [5.41, 5.74) is 2.56. The Morgan fingerprint density at radius 3 is 2.71 bits per heavy atom. The van der Waals surface area contributed by atoms with Crippen LogP contribution in [0.3, 0.4) is 0 Å². The fourth-order valence-electron chi connectivity index (χ4n) is 3.40. The van der Waals surface area contributed by atoms with Gasteiger partial charge in [-0.05, 0) is 46.5 Å². The Labute approximate surface area is 103 Å². The highest BCUT2D eigenvalue weighted by Gasteiger charge is 2.47. The standard InChI is InChI=1S/C15H22O2/c1-9(2)14-11-7-10(3)5-6-12(11)15(4,17)8-13(14)16/h7,11-12,17H,5-6,8H2,1-4H3. The molecule has 0 aromatic carbocycles. The lowest BCUT2D eigenvalue weighted by Crippen LogP contribution is -2.48. The fourth-order valence-corrected chi connectivity index (χ4v) is 3.40. The van der Waals surface area contributed by atoms with E-state index in [1.54, 1.807) is 0 Å². The molecule has 0 bridgehead atoms. The molecule has 1 saturated carbocycles. The first-order chi connectivity index (χ1) is 7.83. The number of carbonyl (C=O) groups is 1. The maximum Gasteiger partial charge on any atom is 0.162 e. The van der Waals surface area contributed by atoms with Crippen LogP contribution in [0.1, 0.15) is 47.0 Å². The van der Waals surface area contributed by atoms with Crippen LogP contribution in [0.15, 0.2) is 22.8 Å². The minimum atomic E-state index is -0.835. The molecule has 2 rings (SSSR count). The summed E-state index contributed by atoms with van der Waals surface area (Å²) in [7, 11) is 0. The van der Waals surface area contributed by atoms with E-state index >= 15 is 0 Å². The highest BCUT2D eigenvalue weighted by atomic mass is 16.3. The van der Waals surface area contributed by atoms with Crippen LogP contribution in [0.5, 0.6) is 0 Å². The van der Waals surface area contributed by atoms with Crippen LogP contribution < -0.4 is 0 Å². The normalized spacial score (nSPS) is 37.6. The van der Waals surface area contributed by atoms with Gasteiger partial charge in [-0.25, -0.2) is 0 Å². The largest absolute Gasteiger partial charge is 0.389 e. The van der Waals surface area contributed by atoms with E-state index in [0.29, 0.717) is 0 Å². The highest BCUT2D eigenvalue weighted by Crippen LogP contribution is 2.46. The summed E-state index contributed by atoms with van der Waals surface area (Å²) in [4.78, 5) is 12.2. The van der Waals surface area contributed by atoms with Gasteiger partial charge >= 0.3 is 0 Å². The Hall–Kier alpha value is -0.890. The van der Waals surface area contributed by atoms with E-state index in [1.165, 1.54) is 5.57 Å². The monoisotopic (exact) mass is 234 g/mol. The van der Waals surface area contributed by atoms with Crippen LogP contribution in [0, 0.1) is 11.8 Å². The van der Waals surface area contributed by atoms with E-state index in [9.17, 15) is 9.90 Å². The predicted octanol–water partition coefficient (Wildman–Crippen LogP) is 3.02. The van der Waals surface area contributed by atoms with E-state index in [0.717, 1.165) is 24.0 Å². The van der Waals surface area contributed by atoms with Crippen LogP contribution in [0.25, 0.3) is 0 Å². The fraction of sp³-hybridized carbons (Fsp3) is 0.667. The van der Waals surface area contributed by atoms with Gasteiger partial charge in [0.1, 0.15) is 0 Å². The Kier molecular flexibility index (Phi) is 3.03. The third-order valence-corrected chi connectivity index (χ3v) is 4.24. The SMILES string of the molecule is CC1=CC2C(=C(C)C)C(=O)CC(C)(O)C2CC1. The van der Waals surface area contributed by atoms with Gasteiger partial charge in [-0.15, -0.1) is 0 Å². The second-order valence-electron chi connectivity index (χ2n) is 6.05. The molecule has 3 unspecified atom stereocenters. The van der Waals surface area contributed by atoms with Gasteiger partial charge in [0, 0.05) is 17.9 Å². The minimum Gasteiger partial charge on any atom is -0.389 e. The van der Waals surface area contributed by atoms with Crippen molar-refractivity contribution in [1.29, 1.82) is 0 Å². The van der Waals surface area contributed by atoms with Crippen LogP contribution in [-0.2, 0) is 4.79 Å². The molecule has 0 aliphatic heterocycles. The molecule has 0 radical (unpaired) electrons. The predicted molar refractivity (Wildman–Crippen MR) is 68.6 cm³/mol. The van der Waals surface area contributed by atoms with E-state index in [2.05, 4.69) is 13.0 Å². The molecule has 94 valence electrons. The number of allylic oxidation sites excluding steroid dienone is 4. The molecule has 2 nitrogen and oxygen atoms in total. The lowest BCUT2D eigenvalue weighted by Gasteiger charge is -2.45. The molecule has 17 heavy (non-hydrogen) atoms. The number of hydrogen-bond acceptors (Lipinski definition) is 2. The van der Waals surface area contributed by atoms with Gasteiger partial charge in [0.15, 0.2) is 5.78 Å². The molecule has 0 aromatic heterocycles. The Morgan fingerprint density at radius 2 is 2.12 bits per heavy atom. The summed E-state index contributed by atoms with van der Waals surface area (Å²) in [6, 6.07) is 0. The molecule has 0 aromatic rings. The molecule has 0 heterocycles. The Balaban J connectivity index is 2.50. The molecule has 1 N–H and O–H groups in total. The molecule has 2 aliphatic carbocycles. The smallest absolute Gasteiger partial charge is 0.162 e. The van der Waals surface area contributed by atoms with Gasteiger partial charge < -0.3 is 5.11 Å². The molecule has 1 fully saturated rings. The Bertz CT molecular complexity index is 409. The van der Waals surface area contributed by atoms with Crippen molar-refractivity contribution in [3.8, 4) is 0 Å². The van der Waals surface area contributed by atoms with Crippen LogP contribution in [-0.4, -0.2) is 16.5 Å². The van der Waals surface area contributed by atoms with Gasteiger partial charge in [-0.3, -0.25) is 4.79 Å². The van der Waals surface area contributed by atoms with Crippen molar-refractivity contribution in [1.82, 2.24) is 0 Å². The average molecular weight is 234 g/mol. The third kappa shape index (κ3) is 2.11. The van der Waals surface area contributed by atoms with Gasteiger partial charge in [0.2, 0.25) is 0 Å². The zero-order valence-electron chi connectivity index (χ0n) is 11.2. The van der Waals surface area contributed by atoms with Crippen molar-refractivity contribution in [3.05, 3.63) is 22.8 Å². The zero-order valence-corrected chi connectivity index (χ0v) is 11.2. The van der Waals surface area contributed by atoms with Gasteiger partial charge in [-0.2, -0.15) is 0 Å². The van der Waals surface area contributed by atoms with Crippen LogP contribution in [0.4, 0.5) is 0 Å². The van der Waals surface area contributed by atoms with Crippen LogP contribution in [0.2, 0.25) is 0 Å². The summed E-state index contributed by atoms with van der Waals surface area (Å²) in [6.45, 7) is 7.94. The highest BCUT2D eigenvalue weighted by molar-refractivity contribution is 5.98. The van der Waals surface area contributed by atoms with E-state index < -0.39 is 5.60 Å². The topological polar surface area (TPSA) is 37.3 Å². The number of aliphatic hydroxyl groups is 1. The number of carbonyl (C=O) groups excluding carboxylic acids is 1. The van der Waals surface area contributed by atoms with Crippen molar-refractivity contribution in [3.63, 3.8) is 0 Å². The second kappa shape index (κ2) is 4.09. The number of Topliss-reactive ketones (excluding diaryl/α,β-unsaturated/α-hetero) is 1. The maximum absolute atomic E-state index is 12.2. The quantitative estimate of drug-likeness (QED) is 0.517. The number of rotatable bonds is 0. The summed E-state index contributed by atoms with van der Waals surface area (Å²) in [5, 5.41) is 10.5. The first-order valence-corrected chi connectivity index (χ1v) is 6.43. The molecule has 0 amide bonds. The zero-order chi connectivity index (χ0) is 12.8. The maximum atomic E-state index is 12.2.